The summed E-state index contributed by atoms with van der Waals surface area (Å²) in [6, 6.07) is 8.16. The lowest BCUT2D eigenvalue weighted by molar-refractivity contribution is 0.0925. The first-order valence-corrected chi connectivity index (χ1v) is 8.11. The van der Waals surface area contributed by atoms with Gasteiger partial charge in [0.25, 0.3) is 5.91 Å². The highest BCUT2D eigenvalue weighted by Crippen LogP contribution is 2.07. The average molecular weight is 474 g/mol. The van der Waals surface area contributed by atoms with Gasteiger partial charge in [-0.3, -0.25) is 9.79 Å². The van der Waals surface area contributed by atoms with Gasteiger partial charge in [-0.15, -0.1) is 24.0 Å². The van der Waals surface area contributed by atoms with E-state index in [0.29, 0.717) is 31.4 Å². The number of aryl methyl sites for hydroxylation is 1. The van der Waals surface area contributed by atoms with Crippen LogP contribution in [0.15, 0.2) is 46.0 Å². The van der Waals surface area contributed by atoms with E-state index in [1.54, 1.807) is 19.2 Å². The van der Waals surface area contributed by atoms with Crippen molar-refractivity contribution in [3.8, 4) is 0 Å². The molecule has 0 radical (unpaired) electrons. The van der Waals surface area contributed by atoms with Crippen molar-refractivity contribution in [3.05, 3.63) is 59.3 Å². The zero-order chi connectivity index (χ0) is 18.1. The summed E-state index contributed by atoms with van der Waals surface area (Å²) < 4.78 is 18.3. The molecule has 1 aromatic carbocycles. The van der Waals surface area contributed by atoms with Crippen LogP contribution in [-0.2, 0) is 6.54 Å². The zero-order valence-electron chi connectivity index (χ0n) is 14.8. The summed E-state index contributed by atoms with van der Waals surface area (Å²) in [5.41, 5.74) is 1.65. The van der Waals surface area contributed by atoms with Gasteiger partial charge in [0.2, 0.25) is 0 Å². The maximum absolute atomic E-state index is 13.1. The third kappa shape index (κ3) is 7.03. The fourth-order valence-electron chi connectivity index (χ4n) is 2.24. The van der Waals surface area contributed by atoms with Crippen LogP contribution in [0, 0.1) is 12.7 Å². The molecule has 0 aliphatic heterocycles. The Kier molecular flexibility index (Phi) is 9.71. The number of nitrogens with zero attached hydrogens (tertiary/aromatic N) is 1. The van der Waals surface area contributed by atoms with Gasteiger partial charge in [-0.25, -0.2) is 4.39 Å². The van der Waals surface area contributed by atoms with E-state index in [1.807, 2.05) is 13.0 Å². The van der Waals surface area contributed by atoms with Crippen molar-refractivity contribution >= 4 is 35.8 Å². The number of aliphatic imine (C=N–C) groups is 1. The average Bonchev–Trinajstić information content (AvgIpc) is 3.03. The maximum atomic E-state index is 13.1. The molecule has 1 amide bonds. The maximum Gasteiger partial charge on any atom is 0.287 e. The fraction of sp³-hybridized carbons (Fsp3) is 0.333. The highest BCUT2D eigenvalue weighted by atomic mass is 127. The standard InChI is InChI=1S/C18H23FN4O2.HI/c1-13-7-10-25-16(13)17(24)21-8-4-9-22-18(20-2)23-12-14-5-3-6-15(19)11-14;/h3,5-7,10-11H,4,8-9,12H2,1-2H3,(H,21,24)(H2,20,22,23);1H. The summed E-state index contributed by atoms with van der Waals surface area (Å²) in [6.07, 6.45) is 2.23. The molecule has 2 aromatic rings. The van der Waals surface area contributed by atoms with Crippen molar-refractivity contribution in [3.63, 3.8) is 0 Å². The SMILES string of the molecule is CN=C(NCCCNC(=O)c1occc1C)NCc1cccc(F)c1.I. The first-order chi connectivity index (χ1) is 12.1. The number of hydrogen-bond donors (Lipinski definition) is 3. The quantitative estimate of drug-likeness (QED) is 0.250. The summed E-state index contributed by atoms with van der Waals surface area (Å²) >= 11 is 0. The number of nitrogens with one attached hydrogen (secondary N) is 3. The highest BCUT2D eigenvalue weighted by Gasteiger charge is 2.11. The summed E-state index contributed by atoms with van der Waals surface area (Å²) in [4.78, 5) is 16.0. The monoisotopic (exact) mass is 474 g/mol. The van der Waals surface area contributed by atoms with Crippen LogP contribution in [0.4, 0.5) is 4.39 Å². The third-order valence-electron chi connectivity index (χ3n) is 3.57. The molecule has 0 fully saturated rings. The number of amides is 1. The van der Waals surface area contributed by atoms with E-state index in [0.717, 1.165) is 17.5 Å². The van der Waals surface area contributed by atoms with Gasteiger partial charge in [-0.1, -0.05) is 12.1 Å². The van der Waals surface area contributed by atoms with Crippen molar-refractivity contribution in [2.45, 2.75) is 19.9 Å². The smallest absolute Gasteiger partial charge is 0.287 e. The van der Waals surface area contributed by atoms with Crippen LogP contribution >= 0.6 is 24.0 Å². The van der Waals surface area contributed by atoms with Crippen molar-refractivity contribution in [2.75, 3.05) is 20.1 Å². The molecule has 0 aliphatic carbocycles. The molecule has 8 heteroatoms. The Morgan fingerprint density at radius 2 is 1.96 bits per heavy atom. The molecule has 0 bridgehead atoms. The molecule has 1 heterocycles. The van der Waals surface area contributed by atoms with Gasteiger partial charge in [0, 0.05) is 32.2 Å². The molecule has 0 saturated carbocycles. The molecule has 142 valence electrons. The number of rotatable bonds is 7. The highest BCUT2D eigenvalue weighted by molar-refractivity contribution is 14.0. The molecule has 6 nitrogen and oxygen atoms in total. The van der Waals surface area contributed by atoms with Crippen LogP contribution < -0.4 is 16.0 Å². The Morgan fingerprint density at radius 1 is 1.19 bits per heavy atom. The largest absolute Gasteiger partial charge is 0.459 e. The predicted octanol–water partition coefficient (Wildman–Crippen LogP) is 2.83. The number of furan rings is 1. The van der Waals surface area contributed by atoms with Crippen LogP contribution in [0.25, 0.3) is 0 Å². The molecule has 0 saturated heterocycles. The molecular formula is C18H24FIN4O2. The number of carbonyl (C=O) groups excluding carboxylic acids is 1. The lowest BCUT2D eigenvalue weighted by Crippen LogP contribution is -2.38. The van der Waals surface area contributed by atoms with Crippen molar-refractivity contribution in [1.29, 1.82) is 0 Å². The first kappa shape index (κ1) is 21.9. The summed E-state index contributed by atoms with van der Waals surface area (Å²) in [5.74, 6) is 0.499. The van der Waals surface area contributed by atoms with Crippen LogP contribution in [-0.4, -0.2) is 32.0 Å². The summed E-state index contributed by atoms with van der Waals surface area (Å²) in [7, 11) is 1.67. The minimum atomic E-state index is -0.259. The lowest BCUT2D eigenvalue weighted by atomic mass is 10.2. The molecule has 0 aliphatic rings. The van der Waals surface area contributed by atoms with E-state index < -0.39 is 0 Å². The fourth-order valence-corrected chi connectivity index (χ4v) is 2.24. The van der Waals surface area contributed by atoms with Crippen LogP contribution in [0.5, 0.6) is 0 Å². The number of benzene rings is 1. The van der Waals surface area contributed by atoms with Gasteiger partial charge in [-0.05, 0) is 37.1 Å². The van der Waals surface area contributed by atoms with Crippen molar-refractivity contribution < 1.29 is 13.6 Å². The van der Waals surface area contributed by atoms with Gasteiger partial charge in [0.15, 0.2) is 11.7 Å². The van der Waals surface area contributed by atoms with Gasteiger partial charge in [0.05, 0.1) is 6.26 Å². The van der Waals surface area contributed by atoms with E-state index in [4.69, 9.17) is 4.42 Å². The van der Waals surface area contributed by atoms with Gasteiger partial charge in [-0.2, -0.15) is 0 Å². The molecule has 2 rings (SSSR count). The van der Waals surface area contributed by atoms with E-state index in [1.165, 1.54) is 18.4 Å². The lowest BCUT2D eigenvalue weighted by Gasteiger charge is -2.12. The topological polar surface area (TPSA) is 78.7 Å². The Hall–Kier alpha value is -2.10. The third-order valence-corrected chi connectivity index (χ3v) is 3.57. The number of carbonyl (C=O) groups is 1. The molecule has 1 aromatic heterocycles. The molecule has 3 N–H and O–H groups in total. The Morgan fingerprint density at radius 3 is 2.62 bits per heavy atom. The second kappa shape index (κ2) is 11.5. The summed E-state index contributed by atoms with van der Waals surface area (Å²) in [6.45, 7) is 3.47. The van der Waals surface area contributed by atoms with E-state index in [2.05, 4.69) is 20.9 Å². The first-order valence-electron chi connectivity index (χ1n) is 8.11. The van der Waals surface area contributed by atoms with Crippen LogP contribution in [0.2, 0.25) is 0 Å². The molecule has 0 unspecified atom stereocenters. The van der Waals surface area contributed by atoms with Crippen LogP contribution in [0.3, 0.4) is 0 Å². The molecule has 26 heavy (non-hydrogen) atoms. The Balaban J connectivity index is 0.00000338. The van der Waals surface area contributed by atoms with Crippen LogP contribution in [0.1, 0.15) is 28.1 Å². The zero-order valence-corrected chi connectivity index (χ0v) is 17.2. The Bertz CT molecular complexity index is 733. The van der Waals surface area contributed by atoms with Crippen molar-refractivity contribution in [2.24, 2.45) is 4.99 Å². The molecular weight excluding hydrogens is 450 g/mol. The molecule has 0 atom stereocenters. The number of guanidine groups is 1. The van der Waals surface area contributed by atoms with Gasteiger partial charge < -0.3 is 20.4 Å². The van der Waals surface area contributed by atoms with Gasteiger partial charge >= 0.3 is 0 Å². The van der Waals surface area contributed by atoms with E-state index in [-0.39, 0.29) is 35.7 Å². The minimum absolute atomic E-state index is 0. The summed E-state index contributed by atoms with van der Waals surface area (Å²) in [5, 5.41) is 9.06. The number of halogens is 2. The Labute approximate surface area is 169 Å². The number of hydrogen-bond acceptors (Lipinski definition) is 3. The van der Waals surface area contributed by atoms with E-state index in [9.17, 15) is 9.18 Å². The molecule has 0 spiro atoms. The second-order valence-corrected chi connectivity index (χ2v) is 5.52. The van der Waals surface area contributed by atoms with Gasteiger partial charge in [0.1, 0.15) is 5.82 Å². The van der Waals surface area contributed by atoms with E-state index >= 15 is 0 Å². The normalized spacial score (nSPS) is 10.8. The second-order valence-electron chi connectivity index (χ2n) is 5.52. The predicted molar refractivity (Wildman–Crippen MR) is 110 cm³/mol. The van der Waals surface area contributed by atoms with Crippen molar-refractivity contribution in [1.82, 2.24) is 16.0 Å². The minimum Gasteiger partial charge on any atom is -0.459 e.